The number of hydrogen-bond donors (Lipinski definition) is 0. The van der Waals surface area contributed by atoms with Crippen molar-refractivity contribution in [2.45, 2.75) is 84.8 Å². The summed E-state index contributed by atoms with van der Waals surface area (Å²) >= 11 is 0. The first-order chi connectivity index (χ1) is 8.43. The van der Waals surface area contributed by atoms with Gasteiger partial charge in [0.25, 0.3) is 0 Å². The van der Waals surface area contributed by atoms with Crippen LogP contribution in [-0.4, -0.2) is 36.0 Å². The third-order valence-corrected chi connectivity index (χ3v) is 3.98. The highest BCUT2D eigenvalue weighted by Gasteiger charge is 2.32. The highest BCUT2D eigenvalue weighted by Crippen LogP contribution is 2.29. The molecule has 0 aromatic carbocycles. The van der Waals surface area contributed by atoms with Crippen LogP contribution in [0.1, 0.15) is 60.3 Å². The molecule has 1 rings (SSSR count). The molecule has 1 saturated heterocycles. The van der Waals surface area contributed by atoms with Crippen LogP contribution in [0.3, 0.4) is 0 Å². The second-order valence-electron chi connectivity index (χ2n) is 6.17. The summed E-state index contributed by atoms with van der Waals surface area (Å²) in [5.74, 6) is 0.649. The van der Waals surface area contributed by atoms with Crippen LogP contribution in [0.5, 0.6) is 0 Å². The normalized spacial score (nSPS) is 28.7. The van der Waals surface area contributed by atoms with E-state index >= 15 is 0 Å². The van der Waals surface area contributed by atoms with Crippen molar-refractivity contribution in [3.8, 4) is 0 Å². The molecule has 0 aromatic rings. The minimum absolute atomic E-state index is 0.373. The summed E-state index contributed by atoms with van der Waals surface area (Å²) in [5.41, 5.74) is 0. The van der Waals surface area contributed by atoms with Crippen LogP contribution < -0.4 is 0 Å². The van der Waals surface area contributed by atoms with Crippen LogP contribution in [0.15, 0.2) is 0 Å². The first-order valence-electron chi connectivity index (χ1n) is 7.46. The van der Waals surface area contributed by atoms with Gasteiger partial charge >= 0.3 is 0 Å². The Morgan fingerprint density at radius 3 is 2.22 bits per heavy atom. The summed E-state index contributed by atoms with van der Waals surface area (Å²) in [6.45, 7) is 11.1. The maximum absolute atomic E-state index is 12.9. The van der Waals surface area contributed by atoms with Crippen LogP contribution in [0, 0.1) is 5.92 Å². The van der Waals surface area contributed by atoms with Crippen molar-refractivity contribution < 1.29 is 9.13 Å². The van der Waals surface area contributed by atoms with Gasteiger partial charge in [0.2, 0.25) is 0 Å². The monoisotopic (exact) mass is 259 g/mol. The molecule has 0 bridgehead atoms. The SMILES string of the molecule is CC(F)OCC1CCCCC(C(C)C)N1C(C)C. The first-order valence-corrected chi connectivity index (χ1v) is 7.46. The molecule has 1 heterocycles. The molecule has 0 aromatic heterocycles. The zero-order chi connectivity index (χ0) is 13.7. The topological polar surface area (TPSA) is 12.5 Å². The minimum Gasteiger partial charge on any atom is -0.347 e. The van der Waals surface area contributed by atoms with Gasteiger partial charge in [-0.15, -0.1) is 0 Å². The van der Waals surface area contributed by atoms with Crippen molar-refractivity contribution in [3.63, 3.8) is 0 Å². The van der Waals surface area contributed by atoms with E-state index in [9.17, 15) is 4.39 Å². The Labute approximate surface area is 112 Å². The highest BCUT2D eigenvalue weighted by atomic mass is 19.1. The van der Waals surface area contributed by atoms with E-state index in [0.29, 0.717) is 30.7 Å². The molecule has 0 aliphatic carbocycles. The molecule has 0 amide bonds. The van der Waals surface area contributed by atoms with E-state index in [1.165, 1.54) is 26.2 Å². The lowest BCUT2D eigenvalue weighted by molar-refractivity contribution is -0.0648. The van der Waals surface area contributed by atoms with E-state index in [1.54, 1.807) is 0 Å². The fourth-order valence-electron chi connectivity index (χ4n) is 3.20. The second-order valence-corrected chi connectivity index (χ2v) is 6.17. The van der Waals surface area contributed by atoms with E-state index < -0.39 is 6.36 Å². The van der Waals surface area contributed by atoms with Crippen molar-refractivity contribution in [2.24, 2.45) is 5.92 Å². The van der Waals surface area contributed by atoms with Gasteiger partial charge in [0.1, 0.15) is 0 Å². The van der Waals surface area contributed by atoms with Crippen LogP contribution in [0.4, 0.5) is 4.39 Å². The largest absolute Gasteiger partial charge is 0.347 e. The van der Waals surface area contributed by atoms with Gasteiger partial charge in [0.05, 0.1) is 6.61 Å². The van der Waals surface area contributed by atoms with Crippen LogP contribution in [0.25, 0.3) is 0 Å². The maximum Gasteiger partial charge on any atom is 0.195 e. The van der Waals surface area contributed by atoms with E-state index in [2.05, 4.69) is 32.6 Å². The van der Waals surface area contributed by atoms with E-state index in [4.69, 9.17) is 4.74 Å². The predicted molar refractivity (Wildman–Crippen MR) is 74.4 cm³/mol. The van der Waals surface area contributed by atoms with Gasteiger partial charge in [-0.25, -0.2) is 4.39 Å². The molecule has 3 unspecified atom stereocenters. The molecule has 2 nitrogen and oxygen atoms in total. The van der Waals surface area contributed by atoms with E-state index in [-0.39, 0.29) is 0 Å². The Morgan fingerprint density at radius 1 is 1.11 bits per heavy atom. The Morgan fingerprint density at radius 2 is 1.72 bits per heavy atom. The molecular formula is C15H30FNO. The summed E-state index contributed by atoms with van der Waals surface area (Å²) in [5, 5.41) is 0. The van der Waals surface area contributed by atoms with Crippen molar-refractivity contribution in [3.05, 3.63) is 0 Å². The molecule has 1 aliphatic rings. The lowest BCUT2D eigenvalue weighted by Gasteiger charge is -2.41. The third-order valence-electron chi connectivity index (χ3n) is 3.98. The van der Waals surface area contributed by atoms with E-state index in [1.807, 2.05) is 0 Å². The molecule has 0 N–H and O–H groups in total. The first kappa shape index (κ1) is 15.9. The number of alkyl halides is 1. The number of likely N-dealkylation sites (tertiary alicyclic amines) is 1. The maximum atomic E-state index is 12.9. The summed E-state index contributed by atoms with van der Waals surface area (Å²) in [6.07, 6.45) is 3.76. The molecule has 0 spiro atoms. The number of ether oxygens (including phenoxy) is 1. The Kier molecular flexibility index (Phi) is 6.58. The van der Waals surface area contributed by atoms with Gasteiger partial charge in [-0.3, -0.25) is 4.90 Å². The van der Waals surface area contributed by atoms with Gasteiger partial charge in [0, 0.05) is 18.1 Å². The average Bonchev–Trinajstić information content (AvgIpc) is 2.47. The molecule has 0 saturated carbocycles. The predicted octanol–water partition coefficient (Wildman–Crippen LogP) is 4.00. The number of nitrogens with zero attached hydrogens (tertiary/aromatic N) is 1. The minimum atomic E-state index is -1.15. The lowest BCUT2D eigenvalue weighted by Crippen LogP contribution is -2.50. The van der Waals surface area contributed by atoms with Gasteiger partial charge in [-0.05, 0) is 39.5 Å². The quantitative estimate of drug-likeness (QED) is 0.740. The van der Waals surface area contributed by atoms with Crippen LogP contribution >= 0.6 is 0 Å². The molecule has 108 valence electrons. The summed E-state index contributed by atoms with van der Waals surface area (Å²) in [4.78, 5) is 2.57. The molecule has 1 aliphatic heterocycles. The molecular weight excluding hydrogens is 229 g/mol. The Balaban J connectivity index is 2.75. The summed E-state index contributed by atoms with van der Waals surface area (Å²) in [7, 11) is 0. The zero-order valence-electron chi connectivity index (χ0n) is 12.7. The molecule has 3 atom stereocenters. The standard InChI is InChI=1S/C15H30FNO/c1-11(2)15-9-7-6-8-14(10-18-13(5)16)17(15)12(3)4/h11-15H,6-10H2,1-5H3. The van der Waals surface area contributed by atoms with Gasteiger partial charge in [-0.1, -0.05) is 26.7 Å². The lowest BCUT2D eigenvalue weighted by atomic mass is 9.96. The molecule has 1 fully saturated rings. The summed E-state index contributed by atoms with van der Waals surface area (Å²) < 4.78 is 18.1. The van der Waals surface area contributed by atoms with Crippen LogP contribution in [0.2, 0.25) is 0 Å². The van der Waals surface area contributed by atoms with Crippen molar-refractivity contribution in [1.82, 2.24) is 4.90 Å². The van der Waals surface area contributed by atoms with Gasteiger partial charge < -0.3 is 4.74 Å². The Bertz CT molecular complexity index is 231. The molecule has 3 heteroatoms. The molecule has 0 radical (unpaired) electrons. The Hall–Kier alpha value is -0.150. The second kappa shape index (κ2) is 7.44. The summed E-state index contributed by atoms with van der Waals surface area (Å²) in [6, 6.07) is 1.48. The van der Waals surface area contributed by atoms with Crippen molar-refractivity contribution in [2.75, 3.05) is 6.61 Å². The van der Waals surface area contributed by atoms with Crippen LogP contribution in [-0.2, 0) is 4.74 Å². The number of hydrogen-bond acceptors (Lipinski definition) is 2. The van der Waals surface area contributed by atoms with Crippen molar-refractivity contribution >= 4 is 0 Å². The van der Waals surface area contributed by atoms with E-state index in [0.717, 1.165) is 6.42 Å². The number of halogens is 1. The highest BCUT2D eigenvalue weighted by molar-refractivity contribution is 4.86. The third kappa shape index (κ3) is 4.51. The molecule has 18 heavy (non-hydrogen) atoms. The van der Waals surface area contributed by atoms with Crippen molar-refractivity contribution in [1.29, 1.82) is 0 Å². The van der Waals surface area contributed by atoms with Gasteiger partial charge in [-0.2, -0.15) is 0 Å². The smallest absolute Gasteiger partial charge is 0.195 e. The fraction of sp³-hybridized carbons (Fsp3) is 1.00. The zero-order valence-corrected chi connectivity index (χ0v) is 12.7. The average molecular weight is 259 g/mol. The fourth-order valence-corrected chi connectivity index (χ4v) is 3.20. The number of rotatable bonds is 5. The van der Waals surface area contributed by atoms with Gasteiger partial charge in [0.15, 0.2) is 6.36 Å².